The fraction of sp³-hybridized carbons (Fsp3) is 0.333. The minimum Gasteiger partial charge on any atom is -0.268 e. The van der Waals surface area contributed by atoms with Crippen LogP contribution in [0.25, 0.3) is 0 Å². The summed E-state index contributed by atoms with van der Waals surface area (Å²) in [5.41, 5.74) is 2.97. The molecule has 20 heavy (non-hydrogen) atoms. The molecule has 0 aliphatic rings. The highest BCUT2D eigenvalue weighted by Crippen LogP contribution is 2.19. The molecule has 0 saturated carbocycles. The first-order valence-electron chi connectivity index (χ1n) is 5.62. The molecule has 0 spiro atoms. The van der Waals surface area contributed by atoms with Crippen molar-refractivity contribution in [3.8, 4) is 0 Å². The fourth-order valence-electron chi connectivity index (χ4n) is 1.14. The van der Waals surface area contributed by atoms with Gasteiger partial charge in [0.05, 0.1) is 0 Å². The molecule has 2 aromatic heterocycles. The van der Waals surface area contributed by atoms with Gasteiger partial charge in [0, 0.05) is 5.56 Å². The zero-order valence-corrected chi connectivity index (χ0v) is 13.7. The van der Waals surface area contributed by atoms with Crippen molar-refractivity contribution in [3.05, 3.63) is 48.1 Å². The quantitative estimate of drug-likeness (QED) is 0.800. The standard InChI is InChI=1S/C6H6Cl2N2.C6H7ClN2O/c1-3-4(2)6(8)10-9-5(3)7;1-3-4(2)6(10)9-8-5(3)7/h1-2H3;1-2H3,(H,9,10). The highest BCUT2D eigenvalue weighted by Gasteiger charge is 2.04. The Bertz CT molecular complexity index is 658. The van der Waals surface area contributed by atoms with Gasteiger partial charge in [-0.2, -0.15) is 5.10 Å². The van der Waals surface area contributed by atoms with Crippen LogP contribution in [0.15, 0.2) is 4.79 Å². The Balaban J connectivity index is 0.000000200. The van der Waals surface area contributed by atoms with Crippen molar-refractivity contribution in [1.29, 1.82) is 0 Å². The number of aromatic nitrogens is 4. The lowest BCUT2D eigenvalue weighted by Crippen LogP contribution is -2.12. The Kier molecular flexibility index (Phi) is 5.92. The molecule has 2 aromatic rings. The topological polar surface area (TPSA) is 71.5 Å². The number of H-pyrrole nitrogens is 1. The molecule has 0 aliphatic heterocycles. The lowest BCUT2D eigenvalue weighted by Gasteiger charge is -2.00. The average molecular weight is 336 g/mol. The van der Waals surface area contributed by atoms with Crippen LogP contribution >= 0.6 is 34.8 Å². The van der Waals surface area contributed by atoms with E-state index < -0.39 is 0 Å². The SMILES string of the molecule is Cc1c(Cl)n[nH]c(=O)c1C.Cc1c(Cl)nnc(Cl)c1C. The second kappa shape index (κ2) is 7.02. The number of nitrogens with one attached hydrogen (secondary N) is 1. The summed E-state index contributed by atoms with van der Waals surface area (Å²) in [5.74, 6) is 0. The van der Waals surface area contributed by atoms with Gasteiger partial charge >= 0.3 is 0 Å². The van der Waals surface area contributed by atoms with E-state index in [0.717, 1.165) is 16.7 Å². The van der Waals surface area contributed by atoms with Gasteiger partial charge in [-0.25, -0.2) is 5.10 Å². The summed E-state index contributed by atoms with van der Waals surface area (Å²) in [5, 5.41) is 14.3. The second-order valence-electron chi connectivity index (χ2n) is 4.13. The van der Waals surface area contributed by atoms with E-state index in [9.17, 15) is 4.79 Å². The highest BCUT2D eigenvalue weighted by atomic mass is 35.5. The van der Waals surface area contributed by atoms with Gasteiger partial charge in [-0.05, 0) is 44.4 Å². The first kappa shape index (κ1) is 16.9. The average Bonchev–Trinajstić information content (AvgIpc) is 2.43. The van der Waals surface area contributed by atoms with Gasteiger partial charge in [-0.1, -0.05) is 34.8 Å². The van der Waals surface area contributed by atoms with Crippen LogP contribution in [0.1, 0.15) is 22.3 Å². The monoisotopic (exact) mass is 334 g/mol. The van der Waals surface area contributed by atoms with Crippen LogP contribution in [0.3, 0.4) is 0 Å². The van der Waals surface area contributed by atoms with Crippen LogP contribution in [-0.2, 0) is 0 Å². The van der Waals surface area contributed by atoms with Gasteiger partial charge in [-0.15, -0.1) is 10.2 Å². The zero-order valence-electron chi connectivity index (χ0n) is 11.4. The molecular weight excluding hydrogens is 323 g/mol. The Hall–Kier alpha value is -1.17. The summed E-state index contributed by atoms with van der Waals surface area (Å²) in [6.45, 7) is 7.19. The van der Waals surface area contributed by atoms with E-state index in [1.165, 1.54) is 0 Å². The Morgan fingerprint density at radius 1 is 0.750 bits per heavy atom. The summed E-state index contributed by atoms with van der Waals surface area (Å²) in [6.07, 6.45) is 0. The van der Waals surface area contributed by atoms with E-state index in [4.69, 9.17) is 34.8 Å². The molecule has 2 heterocycles. The van der Waals surface area contributed by atoms with Crippen molar-refractivity contribution in [1.82, 2.24) is 20.4 Å². The van der Waals surface area contributed by atoms with Crippen LogP contribution < -0.4 is 5.56 Å². The number of hydrogen-bond acceptors (Lipinski definition) is 4. The van der Waals surface area contributed by atoms with Crippen molar-refractivity contribution in [2.75, 3.05) is 0 Å². The van der Waals surface area contributed by atoms with Gasteiger partial charge in [0.2, 0.25) is 0 Å². The van der Waals surface area contributed by atoms with Crippen LogP contribution in [0.5, 0.6) is 0 Å². The van der Waals surface area contributed by atoms with E-state index in [1.807, 2.05) is 13.8 Å². The van der Waals surface area contributed by atoms with Crippen LogP contribution in [0.2, 0.25) is 15.5 Å². The summed E-state index contributed by atoms with van der Waals surface area (Å²) in [6, 6.07) is 0. The maximum Gasteiger partial charge on any atom is 0.267 e. The maximum absolute atomic E-state index is 10.8. The molecule has 5 nitrogen and oxygen atoms in total. The lowest BCUT2D eigenvalue weighted by molar-refractivity contribution is 0.952. The first-order valence-corrected chi connectivity index (χ1v) is 6.75. The third-order valence-electron chi connectivity index (χ3n) is 2.88. The Labute approximate surface area is 131 Å². The molecule has 1 N–H and O–H groups in total. The van der Waals surface area contributed by atoms with Crippen molar-refractivity contribution in [2.45, 2.75) is 27.7 Å². The number of rotatable bonds is 0. The normalized spacial score (nSPS) is 9.95. The maximum atomic E-state index is 10.8. The highest BCUT2D eigenvalue weighted by molar-refractivity contribution is 6.32. The van der Waals surface area contributed by atoms with Gasteiger partial charge in [0.1, 0.15) is 0 Å². The van der Waals surface area contributed by atoms with Crippen LogP contribution in [-0.4, -0.2) is 20.4 Å². The molecule has 108 valence electrons. The number of hydrogen-bond donors (Lipinski definition) is 1. The van der Waals surface area contributed by atoms with Crippen LogP contribution in [0.4, 0.5) is 0 Å². The van der Waals surface area contributed by atoms with Crippen LogP contribution in [0, 0.1) is 27.7 Å². The number of aromatic amines is 1. The summed E-state index contributed by atoms with van der Waals surface area (Å²) in [4.78, 5) is 10.8. The van der Waals surface area contributed by atoms with Gasteiger partial charge in [0.15, 0.2) is 15.5 Å². The predicted molar refractivity (Wildman–Crippen MR) is 80.9 cm³/mol. The second-order valence-corrected chi connectivity index (χ2v) is 5.20. The molecule has 2 rings (SSSR count). The van der Waals surface area contributed by atoms with Crippen molar-refractivity contribution < 1.29 is 0 Å². The smallest absolute Gasteiger partial charge is 0.267 e. The van der Waals surface area contributed by atoms with E-state index in [-0.39, 0.29) is 5.56 Å². The third kappa shape index (κ3) is 3.91. The lowest BCUT2D eigenvalue weighted by atomic mass is 10.2. The predicted octanol–water partition coefficient (Wildman–Crippen LogP) is 3.44. The number of nitrogens with zero attached hydrogens (tertiary/aromatic N) is 3. The molecule has 0 unspecified atom stereocenters. The summed E-state index contributed by atoms with van der Waals surface area (Å²) < 4.78 is 0. The largest absolute Gasteiger partial charge is 0.268 e. The Morgan fingerprint density at radius 3 is 1.55 bits per heavy atom. The van der Waals surface area contributed by atoms with E-state index in [0.29, 0.717) is 21.0 Å². The number of halogens is 3. The molecule has 0 radical (unpaired) electrons. The fourth-order valence-corrected chi connectivity index (χ4v) is 1.68. The molecule has 0 amide bonds. The van der Waals surface area contributed by atoms with E-state index >= 15 is 0 Å². The van der Waals surface area contributed by atoms with E-state index in [1.54, 1.807) is 13.8 Å². The molecule has 0 fully saturated rings. The first-order chi connectivity index (χ1) is 9.25. The summed E-state index contributed by atoms with van der Waals surface area (Å²) >= 11 is 16.9. The van der Waals surface area contributed by atoms with Crippen molar-refractivity contribution in [3.63, 3.8) is 0 Å². The molecule has 0 bridgehead atoms. The Morgan fingerprint density at radius 2 is 1.15 bits per heavy atom. The summed E-state index contributed by atoms with van der Waals surface area (Å²) in [7, 11) is 0. The van der Waals surface area contributed by atoms with Gasteiger partial charge in [0.25, 0.3) is 5.56 Å². The third-order valence-corrected chi connectivity index (χ3v) is 3.96. The van der Waals surface area contributed by atoms with Gasteiger partial charge in [-0.3, -0.25) is 4.79 Å². The molecule has 0 saturated heterocycles. The zero-order chi connectivity index (χ0) is 15.4. The molecule has 0 atom stereocenters. The molecular formula is C12H13Cl3N4O. The van der Waals surface area contributed by atoms with Crippen molar-refractivity contribution in [2.24, 2.45) is 0 Å². The molecule has 8 heteroatoms. The minimum absolute atomic E-state index is 0.179. The van der Waals surface area contributed by atoms with Gasteiger partial charge < -0.3 is 0 Å². The molecule has 0 aliphatic carbocycles. The minimum atomic E-state index is -0.179. The van der Waals surface area contributed by atoms with Crippen molar-refractivity contribution >= 4 is 34.8 Å². The molecule has 0 aromatic carbocycles. The van der Waals surface area contributed by atoms with E-state index in [2.05, 4.69) is 20.4 Å².